The lowest BCUT2D eigenvalue weighted by molar-refractivity contribution is -0.701. The van der Waals surface area contributed by atoms with Gasteiger partial charge >= 0.3 is 0 Å². The molecule has 1 heterocycles. The first kappa shape index (κ1) is 13.7. The highest BCUT2D eigenvalue weighted by atomic mass is 16.1. The molecule has 1 aromatic heterocycles. The van der Waals surface area contributed by atoms with E-state index in [0.717, 1.165) is 12.8 Å². The number of pyridine rings is 1. The Labute approximate surface area is 104 Å². The number of carbonyl (C=O) groups is 1. The molecule has 1 rings (SSSR count). The van der Waals surface area contributed by atoms with Crippen LogP contribution in [0.1, 0.15) is 39.0 Å². The average molecular weight is 235 g/mol. The number of hydrogen-bond acceptors (Lipinski definition) is 1. The van der Waals surface area contributed by atoms with E-state index in [0.29, 0.717) is 6.54 Å². The number of hydrogen-bond donors (Lipinski definition) is 1. The molecule has 1 unspecified atom stereocenters. The van der Waals surface area contributed by atoms with Crippen molar-refractivity contribution >= 4 is 5.91 Å². The van der Waals surface area contributed by atoms with Gasteiger partial charge in [-0.15, -0.1) is 0 Å². The van der Waals surface area contributed by atoms with Gasteiger partial charge in [0.2, 0.25) is 5.91 Å². The van der Waals surface area contributed by atoms with Crippen molar-refractivity contribution in [3.63, 3.8) is 0 Å². The number of nitrogens with two attached hydrogens (primary N) is 1. The van der Waals surface area contributed by atoms with Crippen LogP contribution in [0.4, 0.5) is 0 Å². The van der Waals surface area contributed by atoms with E-state index in [1.54, 1.807) is 0 Å². The summed E-state index contributed by atoms with van der Waals surface area (Å²) in [6.07, 6.45) is 9.59. The molecule has 1 atom stereocenters. The molecule has 94 valence electrons. The summed E-state index contributed by atoms with van der Waals surface area (Å²) >= 11 is 0. The molecular formula is C14H23N2O+. The molecule has 3 nitrogen and oxygen atoms in total. The maximum atomic E-state index is 11.4. The lowest BCUT2D eigenvalue weighted by Gasteiger charge is -2.09. The van der Waals surface area contributed by atoms with Gasteiger partial charge in [-0.2, -0.15) is 0 Å². The fraction of sp³-hybridized carbons (Fsp3) is 0.571. The minimum absolute atomic E-state index is 0.0424. The maximum Gasteiger partial charge on any atom is 0.226 e. The molecule has 0 aliphatic rings. The topological polar surface area (TPSA) is 47.0 Å². The summed E-state index contributed by atoms with van der Waals surface area (Å²) in [5, 5.41) is 0. The minimum atomic E-state index is -0.183. The summed E-state index contributed by atoms with van der Waals surface area (Å²) in [4.78, 5) is 11.4. The molecule has 0 radical (unpaired) electrons. The molecule has 17 heavy (non-hydrogen) atoms. The zero-order valence-electron chi connectivity index (χ0n) is 10.6. The van der Waals surface area contributed by atoms with Gasteiger partial charge in [-0.3, -0.25) is 4.79 Å². The smallest absolute Gasteiger partial charge is 0.226 e. The number of rotatable bonds is 8. The highest BCUT2D eigenvalue weighted by Gasteiger charge is 2.19. The highest BCUT2D eigenvalue weighted by Crippen LogP contribution is 2.11. The van der Waals surface area contributed by atoms with Crippen molar-refractivity contribution in [2.24, 2.45) is 11.7 Å². The molecule has 0 aliphatic carbocycles. The first-order valence-corrected chi connectivity index (χ1v) is 6.47. The van der Waals surface area contributed by atoms with E-state index in [2.05, 4.69) is 6.92 Å². The van der Waals surface area contributed by atoms with Gasteiger partial charge in [-0.1, -0.05) is 38.7 Å². The van der Waals surface area contributed by atoms with Crippen LogP contribution in [-0.4, -0.2) is 5.91 Å². The van der Waals surface area contributed by atoms with E-state index in [1.807, 2.05) is 35.2 Å². The molecular weight excluding hydrogens is 212 g/mol. The Morgan fingerprint density at radius 1 is 1.18 bits per heavy atom. The Morgan fingerprint density at radius 3 is 2.47 bits per heavy atom. The number of unbranched alkanes of at least 4 members (excludes halogenated alkanes) is 3. The monoisotopic (exact) mass is 235 g/mol. The summed E-state index contributed by atoms with van der Waals surface area (Å²) in [6, 6.07) is 5.90. The molecule has 0 aromatic carbocycles. The van der Waals surface area contributed by atoms with Gasteiger partial charge in [0.15, 0.2) is 18.9 Å². The van der Waals surface area contributed by atoms with Crippen LogP contribution in [0.2, 0.25) is 0 Å². The standard InChI is InChI=1S/C14H22N2O/c1-2-3-4-6-9-13(14(15)17)12-16-10-7-5-8-11-16/h5,7-8,10-11,13H,2-4,6,9,12H2,1H3,(H-,15,17)/p+1. The molecule has 0 saturated carbocycles. The predicted octanol–water partition coefficient (Wildman–Crippen LogP) is 2.05. The lowest BCUT2D eigenvalue weighted by Crippen LogP contribution is -2.41. The van der Waals surface area contributed by atoms with Crippen molar-refractivity contribution < 1.29 is 9.36 Å². The highest BCUT2D eigenvalue weighted by molar-refractivity contribution is 5.76. The van der Waals surface area contributed by atoms with E-state index in [-0.39, 0.29) is 11.8 Å². The van der Waals surface area contributed by atoms with E-state index in [1.165, 1.54) is 19.3 Å². The third-order valence-corrected chi connectivity index (χ3v) is 3.02. The number of carbonyl (C=O) groups excluding carboxylic acids is 1. The van der Waals surface area contributed by atoms with Crippen LogP contribution >= 0.6 is 0 Å². The quantitative estimate of drug-likeness (QED) is 0.544. The van der Waals surface area contributed by atoms with E-state index in [9.17, 15) is 4.79 Å². The van der Waals surface area contributed by atoms with Crippen molar-refractivity contribution in [3.8, 4) is 0 Å². The van der Waals surface area contributed by atoms with E-state index < -0.39 is 0 Å². The van der Waals surface area contributed by atoms with Crippen molar-refractivity contribution in [2.75, 3.05) is 0 Å². The van der Waals surface area contributed by atoms with Crippen LogP contribution in [0.3, 0.4) is 0 Å². The number of nitrogens with zero attached hydrogens (tertiary/aromatic N) is 1. The third-order valence-electron chi connectivity index (χ3n) is 3.02. The van der Waals surface area contributed by atoms with Crippen LogP contribution in [0.25, 0.3) is 0 Å². The van der Waals surface area contributed by atoms with E-state index in [4.69, 9.17) is 5.73 Å². The zero-order chi connectivity index (χ0) is 12.5. The van der Waals surface area contributed by atoms with Gasteiger partial charge in [0.05, 0.1) is 5.92 Å². The molecule has 2 N–H and O–H groups in total. The number of aromatic nitrogens is 1. The molecule has 0 bridgehead atoms. The molecule has 0 fully saturated rings. The normalized spacial score (nSPS) is 12.3. The molecule has 3 heteroatoms. The second-order valence-corrected chi connectivity index (χ2v) is 4.52. The van der Waals surface area contributed by atoms with Gasteiger partial charge in [-0.05, 0) is 6.42 Å². The number of amides is 1. The third kappa shape index (κ3) is 5.48. The van der Waals surface area contributed by atoms with Crippen LogP contribution in [0.5, 0.6) is 0 Å². The molecule has 1 aromatic rings. The predicted molar refractivity (Wildman–Crippen MR) is 68.1 cm³/mol. The van der Waals surface area contributed by atoms with Gasteiger partial charge in [-0.25, -0.2) is 4.57 Å². The average Bonchev–Trinajstić information content (AvgIpc) is 2.34. The molecule has 1 amide bonds. The second kappa shape index (κ2) is 7.82. The Morgan fingerprint density at radius 2 is 1.88 bits per heavy atom. The maximum absolute atomic E-state index is 11.4. The van der Waals surface area contributed by atoms with Crippen LogP contribution in [0, 0.1) is 5.92 Å². The van der Waals surface area contributed by atoms with Crippen molar-refractivity contribution in [1.82, 2.24) is 0 Å². The largest absolute Gasteiger partial charge is 0.369 e. The Bertz CT molecular complexity index is 324. The van der Waals surface area contributed by atoms with E-state index >= 15 is 0 Å². The van der Waals surface area contributed by atoms with Gasteiger partial charge in [0.1, 0.15) is 0 Å². The fourth-order valence-corrected chi connectivity index (χ4v) is 1.95. The number of primary amides is 1. The van der Waals surface area contributed by atoms with Crippen molar-refractivity contribution in [3.05, 3.63) is 30.6 Å². The summed E-state index contributed by atoms with van der Waals surface area (Å²) in [5.74, 6) is -0.225. The summed E-state index contributed by atoms with van der Waals surface area (Å²) in [5.41, 5.74) is 5.45. The zero-order valence-corrected chi connectivity index (χ0v) is 10.6. The van der Waals surface area contributed by atoms with Gasteiger partial charge < -0.3 is 5.73 Å². The first-order valence-electron chi connectivity index (χ1n) is 6.47. The Balaban J connectivity index is 2.41. The Kier molecular flexibility index (Phi) is 6.30. The van der Waals surface area contributed by atoms with Gasteiger partial charge in [0, 0.05) is 12.1 Å². The Hall–Kier alpha value is -1.38. The fourth-order valence-electron chi connectivity index (χ4n) is 1.95. The van der Waals surface area contributed by atoms with Gasteiger partial charge in [0.25, 0.3) is 0 Å². The lowest BCUT2D eigenvalue weighted by atomic mass is 10.00. The SMILES string of the molecule is CCCCCCC(C[n+]1ccccc1)C(N)=O. The van der Waals surface area contributed by atoms with Crippen molar-refractivity contribution in [1.29, 1.82) is 0 Å². The van der Waals surface area contributed by atoms with Crippen LogP contribution in [-0.2, 0) is 11.3 Å². The first-order chi connectivity index (χ1) is 8.24. The molecule has 0 aliphatic heterocycles. The summed E-state index contributed by atoms with van der Waals surface area (Å²) in [7, 11) is 0. The van der Waals surface area contributed by atoms with Crippen molar-refractivity contribution in [2.45, 2.75) is 45.6 Å². The molecule has 0 saturated heterocycles. The van der Waals surface area contributed by atoms with Crippen LogP contribution < -0.4 is 10.3 Å². The molecule has 0 spiro atoms. The van der Waals surface area contributed by atoms with Crippen LogP contribution in [0.15, 0.2) is 30.6 Å². The second-order valence-electron chi connectivity index (χ2n) is 4.52. The summed E-state index contributed by atoms with van der Waals surface area (Å²) in [6.45, 7) is 2.88. The summed E-state index contributed by atoms with van der Waals surface area (Å²) < 4.78 is 2.02. The minimum Gasteiger partial charge on any atom is -0.369 e.